The Kier molecular flexibility index (Phi) is 4.78. The molecule has 3 nitrogen and oxygen atoms in total. The predicted molar refractivity (Wildman–Crippen MR) is 44.3 cm³/mol. The Labute approximate surface area is 72.1 Å². The molecule has 12 heavy (non-hydrogen) atoms. The Morgan fingerprint density at radius 3 is 2.33 bits per heavy atom. The fourth-order valence-electron chi connectivity index (χ4n) is 0.663. The van der Waals surface area contributed by atoms with E-state index >= 15 is 0 Å². The van der Waals surface area contributed by atoms with Gasteiger partial charge >= 0.3 is 5.97 Å². The predicted octanol–water partition coefficient (Wildman–Crippen LogP) is 0.921. The zero-order valence-electron chi connectivity index (χ0n) is 7.51. The Hall–Kier alpha value is -1.30. The van der Waals surface area contributed by atoms with E-state index < -0.39 is 12.1 Å². The first-order valence-electron chi connectivity index (χ1n) is 3.65. The molecule has 0 saturated heterocycles. The van der Waals surface area contributed by atoms with Crippen molar-refractivity contribution in [3.05, 3.63) is 0 Å². The highest BCUT2D eigenvalue weighted by atomic mass is 16.5. The van der Waals surface area contributed by atoms with Crippen LogP contribution in [0.1, 0.15) is 27.2 Å². The average Bonchev–Trinajstić information content (AvgIpc) is 1.96. The summed E-state index contributed by atoms with van der Waals surface area (Å²) >= 11 is 0. The summed E-state index contributed by atoms with van der Waals surface area (Å²) < 4.78 is 4.72. The van der Waals surface area contributed by atoms with Crippen molar-refractivity contribution in [3.63, 3.8) is 0 Å². The number of hydrogen-bond acceptors (Lipinski definition) is 3. The van der Waals surface area contributed by atoms with Gasteiger partial charge in [-0.25, -0.2) is 0 Å². The Balaban J connectivity index is 4.10. The second-order valence-corrected chi connectivity index (χ2v) is 2.34. The minimum absolute atomic E-state index is 0.173. The van der Waals surface area contributed by atoms with Crippen molar-refractivity contribution in [3.8, 4) is 11.8 Å². The van der Waals surface area contributed by atoms with Crippen molar-refractivity contribution in [2.45, 2.75) is 33.3 Å². The smallest absolute Gasteiger partial charge is 0.303 e. The highest BCUT2D eigenvalue weighted by molar-refractivity contribution is 5.83. The van der Waals surface area contributed by atoms with Crippen LogP contribution in [0.5, 0.6) is 0 Å². The zero-order valence-corrected chi connectivity index (χ0v) is 7.51. The molecule has 0 rings (SSSR count). The van der Waals surface area contributed by atoms with Gasteiger partial charge in [-0.3, -0.25) is 9.59 Å². The summed E-state index contributed by atoms with van der Waals surface area (Å²) in [6.07, 6.45) is -0.416. The molecule has 3 heteroatoms. The lowest BCUT2D eigenvalue weighted by atomic mass is 10.2. The molecule has 1 atom stereocenters. The molecule has 0 aliphatic carbocycles. The van der Waals surface area contributed by atoms with Crippen molar-refractivity contribution in [1.82, 2.24) is 0 Å². The molecule has 0 aromatic rings. The average molecular weight is 168 g/mol. The van der Waals surface area contributed by atoms with E-state index in [9.17, 15) is 9.59 Å². The summed E-state index contributed by atoms with van der Waals surface area (Å²) in [4.78, 5) is 21.3. The van der Waals surface area contributed by atoms with Crippen LogP contribution in [0.25, 0.3) is 0 Å². The van der Waals surface area contributed by atoms with Crippen LogP contribution in [-0.4, -0.2) is 17.9 Å². The number of ketones is 1. The highest BCUT2D eigenvalue weighted by Crippen LogP contribution is 1.99. The highest BCUT2D eigenvalue weighted by Gasteiger charge is 2.15. The van der Waals surface area contributed by atoms with E-state index in [1.165, 1.54) is 13.8 Å². The van der Waals surface area contributed by atoms with Gasteiger partial charge in [0.05, 0.1) is 6.42 Å². The summed E-state index contributed by atoms with van der Waals surface area (Å²) in [5, 5.41) is 0. The van der Waals surface area contributed by atoms with Crippen molar-refractivity contribution in [2.24, 2.45) is 0 Å². The molecule has 0 N–H and O–H groups in total. The topological polar surface area (TPSA) is 43.4 Å². The molecule has 0 aromatic carbocycles. The maximum absolute atomic E-state index is 10.8. The van der Waals surface area contributed by atoms with Crippen LogP contribution in [0.3, 0.4) is 0 Å². The van der Waals surface area contributed by atoms with Crippen LogP contribution < -0.4 is 0 Å². The molecule has 0 amide bonds. The quantitative estimate of drug-likeness (QED) is 0.465. The molecular formula is C9H12O3. The van der Waals surface area contributed by atoms with Crippen LogP contribution >= 0.6 is 0 Å². The van der Waals surface area contributed by atoms with E-state index in [0.717, 1.165) is 0 Å². The third kappa shape index (κ3) is 4.51. The van der Waals surface area contributed by atoms with Gasteiger partial charge in [-0.1, -0.05) is 5.92 Å². The van der Waals surface area contributed by atoms with Gasteiger partial charge in [0.15, 0.2) is 11.9 Å². The number of carbonyl (C=O) groups excluding carboxylic acids is 2. The molecule has 1 unspecified atom stereocenters. The summed E-state index contributed by atoms with van der Waals surface area (Å²) in [5.41, 5.74) is 0. The van der Waals surface area contributed by atoms with Gasteiger partial charge in [0.1, 0.15) is 0 Å². The van der Waals surface area contributed by atoms with Crippen LogP contribution in [0.2, 0.25) is 0 Å². The van der Waals surface area contributed by atoms with Gasteiger partial charge in [-0.05, 0) is 13.8 Å². The van der Waals surface area contributed by atoms with Gasteiger partial charge in [0, 0.05) is 6.92 Å². The van der Waals surface area contributed by atoms with Crippen molar-refractivity contribution in [1.29, 1.82) is 0 Å². The monoisotopic (exact) mass is 168 g/mol. The molecular weight excluding hydrogens is 156 g/mol. The molecule has 0 bridgehead atoms. The van der Waals surface area contributed by atoms with E-state index in [-0.39, 0.29) is 12.2 Å². The first kappa shape index (κ1) is 10.7. The van der Waals surface area contributed by atoms with Crippen molar-refractivity contribution in [2.75, 3.05) is 0 Å². The molecule has 66 valence electrons. The molecule has 0 aliphatic heterocycles. The molecule has 0 aliphatic rings. The van der Waals surface area contributed by atoms with Crippen LogP contribution in [0, 0.1) is 11.8 Å². The maximum Gasteiger partial charge on any atom is 0.303 e. The van der Waals surface area contributed by atoms with Gasteiger partial charge in [0.2, 0.25) is 0 Å². The van der Waals surface area contributed by atoms with Crippen LogP contribution in [-0.2, 0) is 14.3 Å². The second kappa shape index (κ2) is 5.36. The number of esters is 1. The van der Waals surface area contributed by atoms with Crippen molar-refractivity contribution < 1.29 is 14.3 Å². The van der Waals surface area contributed by atoms with E-state index in [2.05, 4.69) is 11.8 Å². The lowest BCUT2D eigenvalue weighted by Gasteiger charge is -2.09. The van der Waals surface area contributed by atoms with E-state index in [4.69, 9.17) is 4.74 Å². The maximum atomic E-state index is 10.8. The number of ether oxygens (including phenoxy) is 1. The summed E-state index contributed by atoms with van der Waals surface area (Å²) in [5.74, 6) is 4.70. The Bertz CT molecular complexity index is 232. The number of carbonyl (C=O) groups is 2. The third-order valence-electron chi connectivity index (χ3n) is 1.23. The molecule has 0 aromatic heterocycles. The number of Topliss-reactive ketones (excluding diaryl/α,β-unsaturated/α-hetero) is 1. The summed E-state index contributed by atoms with van der Waals surface area (Å²) in [6, 6.07) is 0. The lowest BCUT2D eigenvalue weighted by Crippen LogP contribution is -2.23. The van der Waals surface area contributed by atoms with E-state index in [1.54, 1.807) is 6.92 Å². The van der Waals surface area contributed by atoms with Crippen LogP contribution in [0.15, 0.2) is 0 Å². The van der Waals surface area contributed by atoms with Gasteiger partial charge < -0.3 is 4.74 Å². The van der Waals surface area contributed by atoms with Gasteiger partial charge in [0.25, 0.3) is 0 Å². The molecule has 0 heterocycles. The first-order valence-corrected chi connectivity index (χ1v) is 3.65. The SMILES string of the molecule is CC#CCC(OC(C)=O)C(C)=O. The van der Waals surface area contributed by atoms with Crippen LogP contribution in [0.4, 0.5) is 0 Å². The third-order valence-corrected chi connectivity index (χ3v) is 1.23. The largest absolute Gasteiger partial charge is 0.454 e. The minimum Gasteiger partial charge on any atom is -0.454 e. The first-order chi connectivity index (χ1) is 5.57. The molecule has 0 fully saturated rings. The fourth-order valence-corrected chi connectivity index (χ4v) is 0.663. The van der Waals surface area contributed by atoms with E-state index in [1.807, 2.05) is 0 Å². The number of hydrogen-bond donors (Lipinski definition) is 0. The minimum atomic E-state index is -0.699. The Morgan fingerprint density at radius 1 is 1.42 bits per heavy atom. The summed E-state index contributed by atoms with van der Waals surface area (Å²) in [6.45, 7) is 4.32. The molecule has 0 saturated carbocycles. The van der Waals surface area contributed by atoms with Crippen molar-refractivity contribution >= 4 is 11.8 Å². The van der Waals surface area contributed by atoms with Gasteiger partial charge in [-0.2, -0.15) is 0 Å². The second-order valence-electron chi connectivity index (χ2n) is 2.34. The fraction of sp³-hybridized carbons (Fsp3) is 0.556. The normalized spacial score (nSPS) is 10.9. The van der Waals surface area contributed by atoms with Gasteiger partial charge in [-0.15, -0.1) is 5.92 Å². The standard InChI is InChI=1S/C9H12O3/c1-4-5-6-9(7(2)10)12-8(3)11/h9H,6H2,1-3H3. The Morgan fingerprint density at radius 2 is 2.00 bits per heavy atom. The lowest BCUT2D eigenvalue weighted by molar-refractivity contribution is -0.151. The molecule has 0 radical (unpaired) electrons. The summed E-state index contributed by atoms with van der Waals surface area (Å²) in [7, 11) is 0. The van der Waals surface area contributed by atoms with E-state index in [0.29, 0.717) is 0 Å². The number of rotatable bonds is 3. The zero-order chi connectivity index (χ0) is 9.56. The molecule has 0 spiro atoms.